The van der Waals surface area contributed by atoms with Gasteiger partial charge in [-0.2, -0.15) is 4.98 Å². The van der Waals surface area contributed by atoms with Crippen molar-refractivity contribution in [1.29, 1.82) is 0 Å². The molecule has 1 aromatic heterocycles. The van der Waals surface area contributed by atoms with Crippen molar-refractivity contribution in [2.45, 2.75) is 6.42 Å². The number of nitrogens with zero attached hydrogens (tertiary/aromatic N) is 2. The Labute approximate surface area is 93.2 Å². The van der Waals surface area contributed by atoms with Crippen LogP contribution in [0.1, 0.15) is 5.82 Å². The van der Waals surface area contributed by atoms with E-state index in [2.05, 4.69) is 10.1 Å². The molecule has 0 aliphatic rings. The van der Waals surface area contributed by atoms with E-state index in [4.69, 9.17) is 15.0 Å². The fraction of sp³-hybridized carbons (Fsp3) is 0.273. The van der Waals surface area contributed by atoms with E-state index in [1.807, 2.05) is 24.3 Å². The Morgan fingerprint density at radius 1 is 1.31 bits per heavy atom. The molecule has 5 heteroatoms. The van der Waals surface area contributed by atoms with E-state index in [1.54, 1.807) is 7.11 Å². The molecule has 16 heavy (non-hydrogen) atoms. The Balaban J connectivity index is 2.21. The van der Waals surface area contributed by atoms with Crippen LogP contribution in [-0.2, 0) is 6.42 Å². The SMILES string of the molecule is COc1ccc(-c2nc(CCN)no2)cc1. The fourth-order valence-corrected chi connectivity index (χ4v) is 1.34. The van der Waals surface area contributed by atoms with Gasteiger partial charge in [-0.1, -0.05) is 5.16 Å². The van der Waals surface area contributed by atoms with E-state index in [1.165, 1.54) is 0 Å². The van der Waals surface area contributed by atoms with Gasteiger partial charge in [0.2, 0.25) is 0 Å². The first-order chi connectivity index (χ1) is 7.83. The number of hydrogen-bond acceptors (Lipinski definition) is 5. The normalized spacial score (nSPS) is 10.4. The summed E-state index contributed by atoms with van der Waals surface area (Å²) in [6, 6.07) is 7.45. The molecule has 0 saturated carbocycles. The van der Waals surface area contributed by atoms with Crippen LogP contribution in [0.5, 0.6) is 5.75 Å². The number of rotatable bonds is 4. The van der Waals surface area contributed by atoms with Gasteiger partial charge >= 0.3 is 0 Å². The van der Waals surface area contributed by atoms with E-state index < -0.39 is 0 Å². The van der Waals surface area contributed by atoms with Gasteiger partial charge in [-0.05, 0) is 30.8 Å². The molecule has 5 nitrogen and oxygen atoms in total. The topological polar surface area (TPSA) is 74.2 Å². The standard InChI is InChI=1S/C11H13N3O2/c1-15-9-4-2-8(3-5-9)11-13-10(6-7-12)14-16-11/h2-5H,6-7,12H2,1H3. The van der Waals surface area contributed by atoms with Crippen molar-refractivity contribution in [1.82, 2.24) is 10.1 Å². The summed E-state index contributed by atoms with van der Waals surface area (Å²) in [5.74, 6) is 1.94. The number of benzene rings is 1. The van der Waals surface area contributed by atoms with Gasteiger partial charge in [0.25, 0.3) is 5.89 Å². The minimum atomic E-state index is 0.506. The summed E-state index contributed by atoms with van der Waals surface area (Å²) in [6.45, 7) is 0.515. The van der Waals surface area contributed by atoms with Crippen LogP contribution in [0.2, 0.25) is 0 Å². The van der Waals surface area contributed by atoms with Crippen LogP contribution < -0.4 is 10.5 Å². The molecule has 0 unspecified atom stereocenters. The maximum absolute atomic E-state index is 5.41. The van der Waals surface area contributed by atoms with E-state index in [0.717, 1.165) is 11.3 Å². The van der Waals surface area contributed by atoms with Crippen LogP contribution in [0.4, 0.5) is 0 Å². The van der Waals surface area contributed by atoms with Gasteiger partial charge in [-0.3, -0.25) is 0 Å². The number of hydrogen-bond donors (Lipinski definition) is 1. The van der Waals surface area contributed by atoms with Gasteiger partial charge in [-0.25, -0.2) is 0 Å². The highest BCUT2D eigenvalue weighted by Gasteiger charge is 2.07. The molecule has 0 amide bonds. The molecule has 1 heterocycles. The molecule has 2 rings (SSSR count). The Hall–Kier alpha value is -1.88. The average Bonchev–Trinajstić information content (AvgIpc) is 2.78. The van der Waals surface area contributed by atoms with Crippen LogP contribution in [-0.4, -0.2) is 23.8 Å². The van der Waals surface area contributed by atoms with E-state index in [0.29, 0.717) is 24.7 Å². The van der Waals surface area contributed by atoms with Crippen molar-refractivity contribution in [2.75, 3.05) is 13.7 Å². The van der Waals surface area contributed by atoms with Crippen molar-refractivity contribution in [3.8, 4) is 17.2 Å². The third kappa shape index (κ3) is 2.20. The van der Waals surface area contributed by atoms with Gasteiger partial charge in [0.05, 0.1) is 7.11 Å². The van der Waals surface area contributed by atoms with Crippen LogP contribution >= 0.6 is 0 Å². The van der Waals surface area contributed by atoms with Crippen LogP contribution in [0.15, 0.2) is 28.8 Å². The van der Waals surface area contributed by atoms with Gasteiger partial charge < -0.3 is 15.0 Å². The van der Waals surface area contributed by atoms with Gasteiger partial charge in [0, 0.05) is 12.0 Å². The largest absolute Gasteiger partial charge is 0.497 e. The maximum atomic E-state index is 5.41. The lowest BCUT2D eigenvalue weighted by Gasteiger charge is -1.98. The molecule has 84 valence electrons. The third-order valence-corrected chi connectivity index (χ3v) is 2.17. The number of ether oxygens (including phenoxy) is 1. The van der Waals surface area contributed by atoms with Crippen LogP contribution in [0.25, 0.3) is 11.5 Å². The number of nitrogens with two attached hydrogens (primary N) is 1. The summed E-state index contributed by atoms with van der Waals surface area (Å²) >= 11 is 0. The van der Waals surface area contributed by atoms with Crippen molar-refractivity contribution < 1.29 is 9.26 Å². The lowest BCUT2D eigenvalue weighted by molar-refractivity contribution is 0.414. The summed E-state index contributed by atoms with van der Waals surface area (Å²) < 4.78 is 10.2. The van der Waals surface area contributed by atoms with Crippen molar-refractivity contribution in [3.63, 3.8) is 0 Å². The molecule has 0 radical (unpaired) electrons. The first-order valence-corrected chi connectivity index (χ1v) is 5.00. The molecular formula is C11H13N3O2. The second kappa shape index (κ2) is 4.76. The first kappa shape index (κ1) is 10.6. The molecule has 0 atom stereocenters. The lowest BCUT2D eigenvalue weighted by atomic mass is 10.2. The number of aromatic nitrogens is 2. The summed E-state index contributed by atoms with van der Waals surface area (Å²) in [7, 11) is 1.63. The highest BCUT2D eigenvalue weighted by atomic mass is 16.5. The Kier molecular flexibility index (Phi) is 3.16. The summed E-state index contributed by atoms with van der Waals surface area (Å²) in [5.41, 5.74) is 6.28. The number of methoxy groups -OCH3 is 1. The highest BCUT2D eigenvalue weighted by molar-refractivity contribution is 5.54. The third-order valence-electron chi connectivity index (χ3n) is 2.17. The molecule has 0 aliphatic heterocycles. The molecule has 2 aromatic rings. The zero-order valence-electron chi connectivity index (χ0n) is 9.01. The molecule has 1 aromatic carbocycles. The quantitative estimate of drug-likeness (QED) is 0.837. The molecule has 0 bridgehead atoms. The van der Waals surface area contributed by atoms with Crippen molar-refractivity contribution in [3.05, 3.63) is 30.1 Å². The summed E-state index contributed by atoms with van der Waals surface area (Å²) in [6.07, 6.45) is 0.625. The summed E-state index contributed by atoms with van der Waals surface area (Å²) in [5, 5.41) is 3.83. The summed E-state index contributed by atoms with van der Waals surface area (Å²) in [4.78, 5) is 4.23. The highest BCUT2D eigenvalue weighted by Crippen LogP contribution is 2.20. The zero-order chi connectivity index (χ0) is 11.4. The second-order valence-corrected chi connectivity index (χ2v) is 3.28. The van der Waals surface area contributed by atoms with Crippen LogP contribution in [0.3, 0.4) is 0 Å². The zero-order valence-corrected chi connectivity index (χ0v) is 9.01. The lowest BCUT2D eigenvalue weighted by Crippen LogP contribution is -2.03. The molecule has 2 N–H and O–H groups in total. The Bertz CT molecular complexity index is 451. The average molecular weight is 219 g/mol. The molecule has 0 spiro atoms. The maximum Gasteiger partial charge on any atom is 0.257 e. The van der Waals surface area contributed by atoms with E-state index in [-0.39, 0.29) is 0 Å². The molecule has 0 saturated heterocycles. The van der Waals surface area contributed by atoms with E-state index in [9.17, 15) is 0 Å². The van der Waals surface area contributed by atoms with Gasteiger partial charge in [-0.15, -0.1) is 0 Å². The minimum Gasteiger partial charge on any atom is -0.497 e. The minimum absolute atomic E-state index is 0.506. The Morgan fingerprint density at radius 2 is 2.06 bits per heavy atom. The second-order valence-electron chi connectivity index (χ2n) is 3.28. The van der Waals surface area contributed by atoms with E-state index >= 15 is 0 Å². The predicted molar refractivity (Wildman–Crippen MR) is 59.0 cm³/mol. The molecule has 0 aliphatic carbocycles. The fourth-order valence-electron chi connectivity index (χ4n) is 1.34. The monoisotopic (exact) mass is 219 g/mol. The van der Waals surface area contributed by atoms with Gasteiger partial charge in [0.15, 0.2) is 5.82 Å². The van der Waals surface area contributed by atoms with Gasteiger partial charge in [0.1, 0.15) is 5.75 Å². The predicted octanol–water partition coefficient (Wildman–Crippen LogP) is 1.25. The molecule has 0 fully saturated rings. The molecular weight excluding hydrogens is 206 g/mol. The van der Waals surface area contributed by atoms with Crippen molar-refractivity contribution >= 4 is 0 Å². The first-order valence-electron chi connectivity index (χ1n) is 5.00. The smallest absolute Gasteiger partial charge is 0.257 e. The Morgan fingerprint density at radius 3 is 2.69 bits per heavy atom. The van der Waals surface area contributed by atoms with Crippen molar-refractivity contribution in [2.24, 2.45) is 5.73 Å². The van der Waals surface area contributed by atoms with Crippen LogP contribution in [0, 0.1) is 0 Å².